The SMILES string of the molecule is CC.COC(=O)c1c(Oc2ccc(F)nc2C)ccc(-c2cnn(C)c2)c1C. The molecular formula is C21H24FN3O3. The molecule has 0 unspecified atom stereocenters. The number of hydrogen-bond acceptors (Lipinski definition) is 5. The lowest BCUT2D eigenvalue weighted by atomic mass is 9.97. The molecule has 0 bridgehead atoms. The first kappa shape index (κ1) is 21.1. The van der Waals surface area contributed by atoms with Crippen molar-refractivity contribution >= 4 is 5.97 Å². The third kappa shape index (κ3) is 4.36. The number of aryl methyl sites for hydroxylation is 2. The van der Waals surface area contributed by atoms with Crippen LogP contribution in [-0.2, 0) is 11.8 Å². The van der Waals surface area contributed by atoms with E-state index in [2.05, 4.69) is 10.1 Å². The summed E-state index contributed by atoms with van der Waals surface area (Å²) in [7, 11) is 3.13. The molecule has 0 atom stereocenters. The van der Waals surface area contributed by atoms with E-state index in [-0.39, 0.29) is 0 Å². The Kier molecular flexibility index (Phi) is 6.87. The molecule has 0 saturated carbocycles. The lowest BCUT2D eigenvalue weighted by molar-refractivity contribution is 0.0597. The zero-order valence-corrected chi connectivity index (χ0v) is 16.9. The Hall–Kier alpha value is -3.22. The van der Waals surface area contributed by atoms with E-state index in [4.69, 9.17) is 9.47 Å². The van der Waals surface area contributed by atoms with Crippen molar-refractivity contribution in [2.75, 3.05) is 7.11 Å². The topological polar surface area (TPSA) is 66.2 Å². The van der Waals surface area contributed by atoms with Crippen LogP contribution >= 0.6 is 0 Å². The number of carbonyl (C=O) groups is 1. The average Bonchev–Trinajstić information content (AvgIpc) is 3.11. The van der Waals surface area contributed by atoms with Gasteiger partial charge in [-0.1, -0.05) is 19.9 Å². The van der Waals surface area contributed by atoms with Gasteiger partial charge >= 0.3 is 5.97 Å². The molecule has 1 aromatic carbocycles. The molecule has 2 heterocycles. The Morgan fingerprint density at radius 3 is 2.36 bits per heavy atom. The number of esters is 1. The number of methoxy groups -OCH3 is 1. The molecule has 0 N–H and O–H groups in total. The number of carbonyl (C=O) groups excluding carboxylic acids is 1. The van der Waals surface area contributed by atoms with Crippen LogP contribution in [0.5, 0.6) is 11.5 Å². The summed E-state index contributed by atoms with van der Waals surface area (Å²) >= 11 is 0. The van der Waals surface area contributed by atoms with Gasteiger partial charge in [-0.15, -0.1) is 0 Å². The van der Waals surface area contributed by atoms with Gasteiger partial charge in [0.25, 0.3) is 0 Å². The van der Waals surface area contributed by atoms with Gasteiger partial charge < -0.3 is 9.47 Å². The molecule has 3 aromatic rings. The van der Waals surface area contributed by atoms with E-state index in [9.17, 15) is 9.18 Å². The molecule has 2 aromatic heterocycles. The van der Waals surface area contributed by atoms with E-state index in [0.29, 0.717) is 28.3 Å². The molecule has 7 heteroatoms. The maximum Gasteiger partial charge on any atom is 0.341 e. The monoisotopic (exact) mass is 385 g/mol. The Labute approximate surface area is 163 Å². The van der Waals surface area contributed by atoms with Gasteiger partial charge in [0.2, 0.25) is 5.95 Å². The first-order valence-corrected chi connectivity index (χ1v) is 8.92. The Balaban J connectivity index is 0.00000136. The molecule has 0 aliphatic heterocycles. The fraction of sp³-hybridized carbons (Fsp3) is 0.286. The van der Waals surface area contributed by atoms with Crippen molar-refractivity contribution in [1.82, 2.24) is 14.8 Å². The van der Waals surface area contributed by atoms with Crippen LogP contribution in [-0.4, -0.2) is 27.8 Å². The van der Waals surface area contributed by atoms with Gasteiger partial charge in [-0.05, 0) is 43.2 Å². The summed E-state index contributed by atoms with van der Waals surface area (Å²) in [5.41, 5.74) is 3.11. The molecule has 0 aliphatic carbocycles. The Morgan fingerprint density at radius 2 is 1.79 bits per heavy atom. The second-order valence-corrected chi connectivity index (χ2v) is 5.83. The predicted molar refractivity (Wildman–Crippen MR) is 105 cm³/mol. The maximum atomic E-state index is 13.2. The number of nitrogens with zero attached hydrogens (tertiary/aromatic N) is 3. The van der Waals surface area contributed by atoms with Gasteiger partial charge in [0, 0.05) is 18.8 Å². The van der Waals surface area contributed by atoms with Crippen molar-refractivity contribution in [3.8, 4) is 22.6 Å². The van der Waals surface area contributed by atoms with E-state index in [1.807, 2.05) is 40.1 Å². The van der Waals surface area contributed by atoms with Crippen LogP contribution in [0.2, 0.25) is 0 Å². The van der Waals surface area contributed by atoms with Gasteiger partial charge in [-0.25, -0.2) is 9.78 Å². The second-order valence-electron chi connectivity index (χ2n) is 5.83. The van der Waals surface area contributed by atoms with Crippen LogP contribution in [0.4, 0.5) is 4.39 Å². The largest absolute Gasteiger partial charge is 0.465 e. The van der Waals surface area contributed by atoms with Gasteiger partial charge in [-0.2, -0.15) is 9.49 Å². The molecule has 0 radical (unpaired) electrons. The first-order valence-electron chi connectivity index (χ1n) is 8.92. The van der Waals surface area contributed by atoms with Gasteiger partial charge in [0.15, 0.2) is 0 Å². The zero-order chi connectivity index (χ0) is 20.8. The first-order chi connectivity index (χ1) is 13.4. The summed E-state index contributed by atoms with van der Waals surface area (Å²) in [5, 5.41) is 4.16. The number of halogens is 1. The number of ether oxygens (including phenoxy) is 2. The minimum atomic E-state index is -0.592. The number of benzene rings is 1. The maximum absolute atomic E-state index is 13.2. The van der Waals surface area contributed by atoms with Crippen molar-refractivity contribution in [1.29, 1.82) is 0 Å². The summed E-state index contributed by atoms with van der Waals surface area (Å²) in [6, 6.07) is 6.21. The number of hydrogen-bond donors (Lipinski definition) is 0. The molecule has 0 fully saturated rings. The van der Waals surface area contributed by atoms with E-state index in [1.54, 1.807) is 23.9 Å². The summed E-state index contributed by atoms with van der Waals surface area (Å²) in [4.78, 5) is 16.1. The smallest absolute Gasteiger partial charge is 0.341 e. The normalized spacial score (nSPS) is 10.1. The van der Waals surface area contributed by atoms with Gasteiger partial charge in [0.05, 0.1) is 19.0 Å². The van der Waals surface area contributed by atoms with Crippen molar-refractivity contribution in [2.45, 2.75) is 27.7 Å². The van der Waals surface area contributed by atoms with Crippen LogP contribution in [0.25, 0.3) is 11.1 Å². The van der Waals surface area contributed by atoms with E-state index in [0.717, 1.165) is 11.1 Å². The van der Waals surface area contributed by atoms with Crippen LogP contribution in [0.15, 0.2) is 36.7 Å². The third-order valence-electron chi connectivity index (χ3n) is 4.06. The van der Waals surface area contributed by atoms with Crippen LogP contribution in [0.1, 0.15) is 35.5 Å². The fourth-order valence-corrected chi connectivity index (χ4v) is 2.74. The quantitative estimate of drug-likeness (QED) is 0.475. The molecule has 0 aliphatic rings. The number of aromatic nitrogens is 3. The van der Waals surface area contributed by atoms with Crippen molar-refractivity contribution in [2.24, 2.45) is 7.05 Å². The molecule has 28 heavy (non-hydrogen) atoms. The van der Waals surface area contributed by atoms with Crippen molar-refractivity contribution in [3.05, 3.63) is 59.4 Å². The van der Waals surface area contributed by atoms with Crippen molar-refractivity contribution in [3.63, 3.8) is 0 Å². The number of rotatable bonds is 4. The Bertz CT molecular complexity index is 983. The number of pyridine rings is 1. The lowest BCUT2D eigenvalue weighted by Gasteiger charge is -2.15. The fourth-order valence-electron chi connectivity index (χ4n) is 2.74. The Morgan fingerprint density at radius 1 is 1.11 bits per heavy atom. The summed E-state index contributed by atoms with van der Waals surface area (Å²) in [6.45, 7) is 7.45. The highest BCUT2D eigenvalue weighted by molar-refractivity contribution is 5.96. The minimum absolute atomic E-state index is 0.303. The van der Waals surface area contributed by atoms with E-state index >= 15 is 0 Å². The highest BCUT2D eigenvalue weighted by atomic mass is 19.1. The van der Waals surface area contributed by atoms with E-state index in [1.165, 1.54) is 19.2 Å². The lowest BCUT2D eigenvalue weighted by Crippen LogP contribution is -2.08. The highest BCUT2D eigenvalue weighted by Gasteiger charge is 2.21. The average molecular weight is 385 g/mol. The van der Waals surface area contributed by atoms with Gasteiger partial charge in [-0.3, -0.25) is 4.68 Å². The van der Waals surface area contributed by atoms with Crippen LogP contribution in [0, 0.1) is 19.8 Å². The third-order valence-corrected chi connectivity index (χ3v) is 4.06. The van der Waals surface area contributed by atoms with Crippen LogP contribution in [0.3, 0.4) is 0 Å². The van der Waals surface area contributed by atoms with Crippen molar-refractivity contribution < 1.29 is 18.7 Å². The molecule has 6 nitrogen and oxygen atoms in total. The molecule has 148 valence electrons. The molecular weight excluding hydrogens is 361 g/mol. The molecule has 0 saturated heterocycles. The molecule has 0 spiro atoms. The summed E-state index contributed by atoms with van der Waals surface area (Å²) in [6.07, 6.45) is 3.58. The second kappa shape index (κ2) is 9.12. The standard InChI is InChI=1S/C19H18FN3O3.C2H6/c1-11-14(13-9-21-23(3)10-13)5-6-16(18(11)19(24)25-4)26-15-7-8-17(20)22-12(15)2;1-2/h5-10H,1-4H3;1-2H3. The van der Waals surface area contributed by atoms with Gasteiger partial charge in [0.1, 0.15) is 17.1 Å². The minimum Gasteiger partial charge on any atom is -0.465 e. The van der Waals surface area contributed by atoms with E-state index < -0.39 is 11.9 Å². The highest BCUT2D eigenvalue weighted by Crippen LogP contribution is 2.35. The summed E-state index contributed by atoms with van der Waals surface area (Å²) in [5.74, 6) is -0.425. The predicted octanol–water partition coefficient (Wildman–Crippen LogP) is 4.84. The van der Waals surface area contributed by atoms with Crippen LogP contribution < -0.4 is 4.74 Å². The molecule has 0 amide bonds. The zero-order valence-electron chi connectivity index (χ0n) is 16.9. The summed E-state index contributed by atoms with van der Waals surface area (Å²) < 4.78 is 25.7. The molecule has 3 rings (SSSR count).